The third-order valence-corrected chi connectivity index (χ3v) is 2.73. The second-order valence-corrected chi connectivity index (χ2v) is 3.80. The summed E-state index contributed by atoms with van der Waals surface area (Å²) in [6.07, 6.45) is 0.839. The van der Waals surface area contributed by atoms with Crippen molar-refractivity contribution in [3.05, 3.63) is 23.8 Å². The summed E-state index contributed by atoms with van der Waals surface area (Å²) in [5.74, 6) is 1.96. The van der Waals surface area contributed by atoms with Gasteiger partial charge >= 0.3 is 0 Å². The highest BCUT2D eigenvalue weighted by atomic mass is 79.9. The van der Waals surface area contributed by atoms with E-state index in [0.29, 0.717) is 0 Å². The molecule has 2 aliphatic heterocycles. The molecule has 1 unspecified atom stereocenters. The quantitative estimate of drug-likeness (QED) is 0.817. The number of halogens is 1. The number of phenolic OH excluding ortho intramolecular Hbond substituents is 1. The average Bonchev–Trinajstić information content (AvgIpc) is 2.84. The van der Waals surface area contributed by atoms with E-state index in [2.05, 4.69) is 10.3 Å². The summed E-state index contributed by atoms with van der Waals surface area (Å²) in [4.78, 5) is 4.34. The number of amidine groups is 1. The highest BCUT2D eigenvalue weighted by Crippen LogP contribution is 2.32. The second-order valence-electron chi connectivity index (χ2n) is 3.80. The molecule has 0 aromatic heterocycles. The van der Waals surface area contributed by atoms with Gasteiger partial charge in [-0.2, -0.15) is 0 Å². The van der Waals surface area contributed by atoms with Gasteiger partial charge in [-0.15, -0.1) is 17.0 Å². The molecule has 0 bridgehead atoms. The summed E-state index contributed by atoms with van der Waals surface area (Å²) in [6.45, 7) is 1.73. The molecule has 1 aromatic carbocycles. The topological polar surface area (TPSA) is 53.9 Å². The summed E-state index contributed by atoms with van der Waals surface area (Å²) in [5.41, 5.74) is 1.13. The van der Waals surface area contributed by atoms with Gasteiger partial charge in [-0.25, -0.2) is 0 Å². The van der Waals surface area contributed by atoms with E-state index in [9.17, 15) is 5.11 Å². The lowest BCUT2D eigenvalue weighted by Crippen LogP contribution is -2.34. The number of nitrogens with one attached hydrogen (secondary N) is 1. The van der Waals surface area contributed by atoms with Gasteiger partial charge in [0, 0.05) is 19.0 Å². The van der Waals surface area contributed by atoms with Crippen molar-refractivity contribution >= 4 is 22.8 Å². The number of aromatic hydroxyl groups is 1. The molecule has 0 spiro atoms. The Morgan fingerprint density at radius 2 is 2.31 bits per heavy atom. The molecule has 0 saturated carbocycles. The third kappa shape index (κ3) is 1.87. The molecule has 1 aromatic rings. The molecule has 5 heteroatoms. The van der Waals surface area contributed by atoms with E-state index >= 15 is 0 Å². The molecule has 2 heterocycles. The zero-order valence-electron chi connectivity index (χ0n) is 8.64. The van der Waals surface area contributed by atoms with Crippen LogP contribution in [0.4, 0.5) is 0 Å². The monoisotopic (exact) mass is 284 g/mol. The summed E-state index contributed by atoms with van der Waals surface area (Å²) < 4.78 is 5.72. The molecule has 2 N–H and O–H groups in total. The Bertz CT molecular complexity index is 434. The first-order chi connectivity index (χ1) is 7.33. The van der Waals surface area contributed by atoms with Crippen LogP contribution < -0.4 is 10.1 Å². The van der Waals surface area contributed by atoms with Gasteiger partial charge < -0.3 is 15.2 Å². The van der Waals surface area contributed by atoms with Gasteiger partial charge in [0.1, 0.15) is 17.3 Å². The first-order valence-corrected chi connectivity index (χ1v) is 5.10. The van der Waals surface area contributed by atoms with Crippen molar-refractivity contribution in [3.63, 3.8) is 0 Å². The van der Waals surface area contributed by atoms with Crippen LogP contribution in [0.2, 0.25) is 0 Å². The number of ether oxygens (including phenoxy) is 1. The highest BCUT2D eigenvalue weighted by Gasteiger charge is 2.28. The maximum Gasteiger partial charge on any atom is 0.159 e. The smallest absolute Gasteiger partial charge is 0.159 e. The van der Waals surface area contributed by atoms with Crippen molar-refractivity contribution < 1.29 is 9.84 Å². The number of hydrogen-bond donors (Lipinski definition) is 2. The minimum atomic E-state index is 0. The van der Waals surface area contributed by atoms with Gasteiger partial charge in [0.2, 0.25) is 0 Å². The number of aliphatic imine (C=N–C) groups is 1. The minimum absolute atomic E-state index is 0. The van der Waals surface area contributed by atoms with E-state index in [1.807, 2.05) is 6.07 Å². The number of benzene rings is 1. The van der Waals surface area contributed by atoms with Crippen molar-refractivity contribution in [3.8, 4) is 11.5 Å². The van der Waals surface area contributed by atoms with Crippen LogP contribution in [0.15, 0.2) is 23.2 Å². The van der Waals surface area contributed by atoms with E-state index in [4.69, 9.17) is 4.74 Å². The van der Waals surface area contributed by atoms with Crippen molar-refractivity contribution in [2.45, 2.75) is 12.5 Å². The van der Waals surface area contributed by atoms with Crippen LogP contribution in [-0.4, -0.2) is 30.1 Å². The van der Waals surface area contributed by atoms with E-state index in [0.717, 1.165) is 36.7 Å². The number of fused-ring (bicyclic) bond motifs is 1. The summed E-state index contributed by atoms with van der Waals surface area (Å²) in [7, 11) is 0. The van der Waals surface area contributed by atoms with Crippen LogP contribution >= 0.6 is 17.0 Å². The molecular formula is C11H13BrN2O2. The van der Waals surface area contributed by atoms with Crippen LogP contribution in [0.1, 0.15) is 5.56 Å². The largest absolute Gasteiger partial charge is 0.508 e. The van der Waals surface area contributed by atoms with Gasteiger partial charge in [0.15, 0.2) is 6.10 Å². The molecule has 0 aliphatic carbocycles. The molecule has 1 atom stereocenters. The molecule has 86 valence electrons. The summed E-state index contributed by atoms with van der Waals surface area (Å²) >= 11 is 0. The predicted molar refractivity (Wildman–Crippen MR) is 66.9 cm³/mol. The van der Waals surface area contributed by atoms with E-state index in [1.54, 1.807) is 12.1 Å². The summed E-state index contributed by atoms with van der Waals surface area (Å²) in [6, 6.07) is 5.25. The zero-order chi connectivity index (χ0) is 10.3. The molecule has 0 radical (unpaired) electrons. The molecule has 4 nitrogen and oxygen atoms in total. The Kier molecular flexibility index (Phi) is 3.05. The molecule has 0 amide bonds. The molecular weight excluding hydrogens is 272 g/mol. The predicted octanol–water partition coefficient (Wildman–Crippen LogP) is 1.28. The lowest BCUT2D eigenvalue weighted by Gasteiger charge is -2.10. The number of rotatable bonds is 1. The standard InChI is InChI=1S/C11H12N2O2.BrH/c14-8-2-1-7-5-10(15-9(7)6-8)11-12-3-4-13-11;/h1-2,6,10,14H,3-5H2,(H,12,13);1H. The van der Waals surface area contributed by atoms with Crippen LogP contribution in [-0.2, 0) is 6.42 Å². The lowest BCUT2D eigenvalue weighted by molar-refractivity contribution is 0.297. The van der Waals surface area contributed by atoms with Gasteiger partial charge in [-0.3, -0.25) is 4.99 Å². The Labute approximate surface area is 104 Å². The Morgan fingerprint density at radius 1 is 1.44 bits per heavy atom. The lowest BCUT2D eigenvalue weighted by atomic mass is 10.1. The van der Waals surface area contributed by atoms with Gasteiger partial charge in [0.05, 0.1) is 6.54 Å². The highest BCUT2D eigenvalue weighted by molar-refractivity contribution is 8.93. The van der Waals surface area contributed by atoms with Crippen molar-refractivity contribution in [2.75, 3.05) is 13.1 Å². The van der Waals surface area contributed by atoms with Gasteiger partial charge in [-0.1, -0.05) is 6.07 Å². The summed E-state index contributed by atoms with van der Waals surface area (Å²) in [5, 5.41) is 12.5. The third-order valence-electron chi connectivity index (χ3n) is 2.73. The van der Waals surface area contributed by atoms with Crippen LogP contribution in [0, 0.1) is 0 Å². The molecule has 2 aliphatic rings. The zero-order valence-corrected chi connectivity index (χ0v) is 10.4. The van der Waals surface area contributed by atoms with E-state index in [1.165, 1.54) is 0 Å². The normalized spacial score (nSPS) is 21.5. The number of hydrogen-bond acceptors (Lipinski definition) is 4. The van der Waals surface area contributed by atoms with E-state index in [-0.39, 0.29) is 28.8 Å². The first kappa shape index (κ1) is 11.3. The number of phenols is 1. The Hall–Kier alpha value is -1.23. The van der Waals surface area contributed by atoms with Crippen molar-refractivity contribution in [1.82, 2.24) is 5.32 Å². The minimum Gasteiger partial charge on any atom is -0.508 e. The molecule has 0 saturated heterocycles. The SMILES string of the molecule is Br.Oc1ccc2c(c1)OC(C1=NCCN1)C2. The fourth-order valence-electron chi connectivity index (χ4n) is 2.00. The Morgan fingerprint density at radius 3 is 3.06 bits per heavy atom. The average molecular weight is 285 g/mol. The fraction of sp³-hybridized carbons (Fsp3) is 0.364. The Balaban J connectivity index is 0.000000963. The number of nitrogens with zero attached hydrogens (tertiary/aromatic N) is 1. The fourth-order valence-corrected chi connectivity index (χ4v) is 2.00. The molecule has 3 rings (SSSR count). The molecule has 16 heavy (non-hydrogen) atoms. The molecule has 0 fully saturated rings. The second kappa shape index (κ2) is 4.33. The van der Waals surface area contributed by atoms with Crippen LogP contribution in [0.3, 0.4) is 0 Å². The van der Waals surface area contributed by atoms with Gasteiger partial charge in [0.25, 0.3) is 0 Å². The van der Waals surface area contributed by atoms with Crippen LogP contribution in [0.25, 0.3) is 0 Å². The van der Waals surface area contributed by atoms with E-state index < -0.39 is 0 Å². The van der Waals surface area contributed by atoms with Crippen molar-refractivity contribution in [2.24, 2.45) is 4.99 Å². The van der Waals surface area contributed by atoms with Crippen LogP contribution in [0.5, 0.6) is 11.5 Å². The maximum atomic E-state index is 9.32. The van der Waals surface area contributed by atoms with Gasteiger partial charge in [-0.05, 0) is 11.6 Å². The van der Waals surface area contributed by atoms with Crippen molar-refractivity contribution in [1.29, 1.82) is 0 Å². The maximum absolute atomic E-state index is 9.32. The first-order valence-electron chi connectivity index (χ1n) is 5.10.